The highest BCUT2D eigenvalue weighted by molar-refractivity contribution is 6.30. The fraction of sp³-hybridized carbons (Fsp3) is 0.412. The number of aryl methyl sites for hydroxylation is 2. The smallest absolute Gasteiger partial charge is 0.358 e. The summed E-state index contributed by atoms with van der Waals surface area (Å²) in [5.74, 6) is -0.266. The van der Waals surface area contributed by atoms with Crippen molar-refractivity contribution in [1.82, 2.24) is 9.78 Å². The van der Waals surface area contributed by atoms with Gasteiger partial charge in [0.05, 0.1) is 13.2 Å². The minimum Gasteiger partial charge on any atom is -0.507 e. The van der Waals surface area contributed by atoms with Gasteiger partial charge in [-0.15, -0.1) is 0 Å². The molecule has 0 unspecified atom stereocenters. The lowest BCUT2D eigenvalue weighted by Gasteiger charge is -2.09. The van der Waals surface area contributed by atoms with Crippen molar-refractivity contribution in [3.63, 3.8) is 0 Å². The highest BCUT2D eigenvalue weighted by Crippen LogP contribution is 2.27. The Labute approximate surface area is 141 Å². The molecule has 0 bridgehead atoms. The lowest BCUT2D eigenvalue weighted by molar-refractivity contribution is 0.0518. The van der Waals surface area contributed by atoms with Crippen molar-refractivity contribution in [1.29, 1.82) is 0 Å². The van der Waals surface area contributed by atoms with E-state index in [1.807, 2.05) is 20.8 Å². The van der Waals surface area contributed by atoms with Crippen LogP contribution in [0.25, 0.3) is 0 Å². The summed E-state index contributed by atoms with van der Waals surface area (Å²) in [6, 6.07) is 5.04. The first-order valence-electron chi connectivity index (χ1n) is 7.62. The van der Waals surface area contributed by atoms with E-state index in [1.165, 1.54) is 0 Å². The number of halogens is 1. The number of esters is 1. The van der Waals surface area contributed by atoms with Gasteiger partial charge in [0.25, 0.3) is 0 Å². The Morgan fingerprint density at radius 2 is 1.96 bits per heavy atom. The van der Waals surface area contributed by atoms with E-state index in [9.17, 15) is 9.90 Å². The molecule has 126 valence electrons. The molecular formula is C17H23ClN2O3. The molecule has 0 atom stereocenters. The number of aromatic hydroxyl groups is 1. The van der Waals surface area contributed by atoms with Crippen LogP contribution in [-0.4, -0.2) is 27.5 Å². The van der Waals surface area contributed by atoms with Gasteiger partial charge >= 0.3 is 5.97 Å². The number of carbonyl (C=O) groups is 1. The van der Waals surface area contributed by atoms with Gasteiger partial charge in [0.2, 0.25) is 0 Å². The Balaban J connectivity index is 0.00000127. The summed E-state index contributed by atoms with van der Waals surface area (Å²) in [6.07, 6.45) is 0. The quantitative estimate of drug-likeness (QED) is 0.852. The third-order valence-corrected chi connectivity index (χ3v) is 3.35. The molecule has 2 aromatic rings. The number of nitrogens with zero attached hydrogens (tertiary/aromatic N) is 2. The fourth-order valence-corrected chi connectivity index (χ4v) is 2.36. The van der Waals surface area contributed by atoms with E-state index in [0.717, 1.165) is 5.69 Å². The van der Waals surface area contributed by atoms with Gasteiger partial charge in [0.1, 0.15) is 5.75 Å². The number of ether oxygens (including phenoxy) is 1. The Bertz CT molecular complexity index is 681. The maximum absolute atomic E-state index is 11.7. The molecule has 2 rings (SSSR count). The van der Waals surface area contributed by atoms with Crippen molar-refractivity contribution >= 4 is 17.6 Å². The predicted molar refractivity (Wildman–Crippen MR) is 91.2 cm³/mol. The van der Waals surface area contributed by atoms with Crippen LogP contribution in [0, 0.1) is 13.8 Å². The van der Waals surface area contributed by atoms with Crippen molar-refractivity contribution in [3.05, 3.63) is 45.7 Å². The van der Waals surface area contributed by atoms with Gasteiger partial charge in [-0.2, -0.15) is 5.10 Å². The number of aromatic nitrogens is 2. The van der Waals surface area contributed by atoms with Gasteiger partial charge in [-0.05, 0) is 44.5 Å². The molecule has 23 heavy (non-hydrogen) atoms. The SMILES string of the molecule is CC.CCOC(=O)c1cc(C)n(Cc2cc(Cl)cc(C)c2O)n1. The minimum absolute atomic E-state index is 0.187. The van der Waals surface area contributed by atoms with E-state index >= 15 is 0 Å². The van der Waals surface area contributed by atoms with Gasteiger partial charge in [-0.1, -0.05) is 25.4 Å². The van der Waals surface area contributed by atoms with Crippen LogP contribution in [0.5, 0.6) is 5.75 Å². The van der Waals surface area contributed by atoms with Crippen LogP contribution in [0.3, 0.4) is 0 Å². The summed E-state index contributed by atoms with van der Waals surface area (Å²) in [6.45, 7) is 10.0. The van der Waals surface area contributed by atoms with Crippen molar-refractivity contribution in [3.8, 4) is 5.75 Å². The third-order valence-electron chi connectivity index (χ3n) is 3.13. The lowest BCUT2D eigenvalue weighted by Crippen LogP contribution is -2.08. The second-order valence-electron chi connectivity index (χ2n) is 4.78. The molecule has 1 aromatic carbocycles. The Hall–Kier alpha value is -2.01. The number of hydrogen-bond donors (Lipinski definition) is 1. The normalized spacial score (nSPS) is 10.0. The van der Waals surface area contributed by atoms with E-state index in [1.54, 1.807) is 36.7 Å². The van der Waals surface area contributed by atoms with Crippen molar-refractivity contribution in [2.24, 2.45) is 0 Å². The molecule has 0 aliphatic heterocycles. The number of phenolic OH excluding ortho intramolecular Hbond substituents is 1. The van der Waals surface area contributed by atoms with Crippen LogP contribution in [0.2, 0.25) is 5.02 Å². The second kappa shape index (κ2) is 8.58. The van der Waals surface area contributed by atoms with Gasteiger partial charge in [-0.25, -0.2) is 4.79 Å². The highest BCUT2D eigenvalue weighted by atomic mass is 35.5. The molecule has 0 fully saturated rings. The van der Waals surface area contributed by atoms with E-state index in [0.29, 0.717) is 29.3 Å². The van der Waals surface area contributed by atoms with Crippen LogP contribution in [-0.2, 0) is 11.3 Å². The fourth-order valence-electron chi connectivity index (χ4n) is 2.06. The first-order valence-corrected chi connectivity index (χ1v) is 7.99. The van der Waals surface area contributed by atoms with E-state index in [2.05, 4.69) is 5.10 Å². The largest absolute Gasteiger partial charge is 0.507 e. The molecule has 1 heterocycles. The summed E-state index contributed by atoms with van der Waals surface area (Å²) in [5, 5.41) is 14.8. The number of carbonyl (C=O) groups excluding carboxylic acids is 1. The third kappa shape index (κ3) is 4.73. The zero-order chi connectivity index (χ0) is 17.6. The average molecular weight is 339 g/mol. The second-order valence-corrected chi connectivity index (χ2v) is 5.22. The zero-order valence-corrected chi connectivity index (χ0v) is 14.9. The molecule has 6 heteroatoms. The number of phenols is 1. The molecule has 0 amide bonds. The Kier molecular flexibility index (Phi) is 7.10. The highest BCUT2D eigenvalue weighted by Gasteiger charge is 2.15. The minimum atomic E-state index is -0.453. The predicted octanol–water partition coefficient (Wildman–Crippen LogP) is 4.11. The van der Waals surface area contributed by atoms with E-state index in [-0.39, 0.29) is 11.4 Å². The lowest BCUT2D eigenvalue weighted by atomic mass is 10.1. The maximum Gasteiger partial charge on any atom is 0.358 e. The van der Waals surface area contributed by atoms with Gasteiger partial charge in [0, 0.05) is 16.3 Å². The van der Waals surface area contributed by atoms with Crippen LogP contribution < -0.4 is 0 Å². The summed E-state index contributed by atoms with van der Waals surface area (Å²) in [7, 11) is 0. The first kappa shape index (κ1) is 19.0. The van der Waals surface area contributed by atoms with Crippen molar-refractivity contribution < 1.29 is 14.6 Å². The number of hydrogen-bond acceptors (Lipinski definition) is 4. The number of benzene rings is 1. The van der Waals surface area contributed by atoms with Crippen LogP contribution in [0.1, 0.15) is 48.1 Å². The molecule has 0 aliphatic rings. The standard InChI is InChI=1S/C15H17ClN2O3.C2H6/c1-4-21-15(20)13-6-10(3)18(17-13)8-11-7-12(16)5-9(2)14(11)19;1-2/h5-7,19H,4,8H2,1-3H3;1-2H3. The molecule has 1 N–H and O–H groups in total. The van der Waals surface area contributed by atoms with Gasteiger partial charge < -0.3 is 9.84 Å². The van der Waals surface area contributed by atoms with Crippen LogP contribution in [0.4, 0.5) is 0 Å². The Morgan fingerprint density at radius 3 is 2.57 bits per heavy atom. The van der Waals surface area contributed by atoms with Gasteiger partial charge in [0.15, 0.2) is 5.69 Å². The van der Waals surface area contributed by atoms with Crippen molar-refractivity contribution in [2.75, 3.05) is 6.61 Å². The van der Waals surface area contributed by atoms with E-state index < -0.39 is 5.97 Å². The molecule has 0 radical (unpaired) electrons. The molecule has 1 aromatic heterocycles. The molecule has 0 saturated carbocycles. The number of rotatable bonds is 4. The summed E-state index contributed by atoms with van der Waals surface area (Å²) >= 11 is 6.01. The Morgan fingerprint density at radius 1 is 1.30 bits per heavy atom. The maximum atomic E-state index is 11.7. The molecular weight excluding hydrogens is 316 g/mol. The summed E-state index contributed by atoms with van der Waals surface area (Å²) in [4.78, 5) is 11.7. The van der Waals surface area contributed by atoms with Crippen molar-refractivity contribution in [2.45, 2.75) is 41.2 Å². The summed E-state index contributed by atoms with van der Waals surface area (Å²) in [5.41, 5.74) is 2.41. The van der Waals surface area contributed by atoms with Gasteiger partial charge in [-0.3, -0.25) is 4.68 Å². The van der Waals surface area contributed by atoms with Crippen LogP contribution in [0.15, 0.2) is 18.2 Å². The summed E-state index contributed by atoms with van der Waals surface area (Å²) < 4.78 is 6.56. The topological polar surface area (TPSA) is 64.3 Å². The zero-order valence-electron chi connectivity index (χ0n) is 14.2. The first-order chi connectivity index (χ1) is 10.9. The van der Waals surface area contributed by atoms with E-state index in [4.69, 9.17) is 16.3 Å². The molecule has 0 spiro atoms. The van der Waals surface area contributed by atoms with Crippen LogP contribution >= 0.6 is 11.6 Å². The molecule has 0 saturated heterocycles. The molecule has 0 aliphatic carbocycles. The molecule has 5 nitrogen and oxygen atoms in total. The monoisotopic (exact) mass is 338 g/mol. The average Bonchev–Trinajstić information content (AvgIpc) is 2.88.